The first kappa shape index (κ1) is 17.7. The zero-order chi connectivity index (χ0) is 19.5. The van der Waals surface area contributed by atoms with E-state index >= 15 is 0 Å². The van der Waals surface area contributed by atoms with E-state index in [1.54, 1.807) is 36.4 Å². The quantitative estimate of drug-likeness (QED) is 0.535. The Balaban J connectivity index is 1.48. The van der Waals surface area contributed by atoms with Gasteiger partial charge in [-0.3, -0.25) is 4.79 Å². The fourth-order valence-electron chi connectivity index (χ4n) is 2.81. The van der Waals surface area contributed by atoms with Crippen LogP contribution in [0.15, 0.2) is 71.1 Å². The van der Waals surface area contributed by atoms with Gasteiger partial charge in [0.1, 0.15) is 17.1 Å². The second-order valence-corrected chi connectivity index (χ2v) is 6.28. The topological polar surface area (TPSA) is 64.4 Å². The van der Waals surface area contributed by atoms with Crippen LogP contribution in [0.25, 0.3) is 22.6 Å². The van der Waals surface area contributed by atoms with Crippen molar-refractivity contribution >= 4 is 22.7 Å². The molecule has 0 saturated carbocycles. The number of carbonyl (C=O) groups excluding carboxylic acids is 1. The lowest BCUT2D eigenvalue weighted by Gasteiger charge is -2.09. The largest absolute Gasteiger partial charge is 0.483 e. The second kappa shape index (κ2) is 7.52. The lowest BCUT2D eigenvalue weighted by molar-refractivity contribution is -0.118. The Kier molecular flexibility index (Phi) is 4.76. The Labute approximate surface area is 160 Å². The predicted molar refractivity (Wildman–Crippen MR) is 105 cm³/mol. The molecule has 0 saturated heterocycles. The first-order chi connectivity index (χ1) is 13.6. The zero-order valence-electron chi connectivity index (χ0n) is 15.1. The number of rotatable bonds is 5. The maximum atomic E-state index is 13.9. The SMILES string of the molecule is Cc1ccccc1OCC(=O)Nc1ccc2oc(-c3ccccc3F)nc2c1. The number of nitrogens with zero attached hydrogens (tertiary/aromatic N) is 1. The third-order valence-corrected chi connectivity index (χ3v) is 4.23. The summed E-state index contributed by atoms with van der Waals surface area (Å²) in [4.78, 5) is 16.5. The third kappa shape index (κ3) is 3.71. The summed E-state index contributed by atoms with van der Waals surface area (Å²) in [6.07, 6.45) is 0. The molecule has 5 nitrogen and oxygen atoms in total. The molecule has 0 fully saturated rings. The molecular weight excluding hydrogens is 359 g/mol. The van der Waals surface area contributed by atoms with Crippen LogP contribution in [0.1, 0.15) is 5.56 Å². The van der Waals surface area contributed by atoms with E-state index in [2.05, 4.69) is 10.3 Å². The molecule has 3 aromatic carbocycles. The molecule has 140 valence electrons. The highest BCUT2D eigenvalue weighted by Crippen LogP contribution is 2.27. The van der Waals surface area contributed by atoms with Gasteiger partial charge in [-0.2, -0.15) is 0 Å². The predicted octanol–water partition coefficient (Wildman–Crippen LogP) is 4.96. The number of hydrogen-bond donors (Lipinski definition) is 1. The van der Waals surface area contributed by atoms with E-state index < -0.39 is 5.82 Å². The lowest BCUT2D eigenvalue weighted by atomic mass is 10.2. The fourth-order valence-corrected chi connectivity index (χ4v) is 2.81. The Morgan fingerprint density at radius 3 is 2.71 bits per heavy atom. The van der Waals surface area contributed by atoms with Crippen LogP contribution in [0.3, 0.4) is 0 Å². The molecule has 28 heavy (non-hydrogen) atoms. The Hall–Kier alpha value is -3.67. The molecule has 6 heteroatoms. The van der Waals surface area contributed by atoms with Gasteiger partial charge in [-0.1, -0.05) is 30.3 Å². The number of aromatic nitrogens is 1. The Morgan fingerprint density at radius 1 is 1.11 bits per heavy atom. The summed E-state index contributed by atoms with van der Waals surface area (Å²) in [6.45, 7) is 1.81. The highest BCUT2D eigenvalue weighted by molar-refractivity contribution is 5.94. The molecule has 0 aliphatic carbocycles. The summed E-state index contributed by atoms with van der Waals surface area (Å²) in [7, 11) is 0. The minimum atomic E-state index is -0.407. The van der Waals surface area contributed by atoms with Crippen LogP contribution in [-0.2, 0) is 4.79 Å². The molecular formula is C22H17FN2O3. The number of para-hydroxylation sites is 1. The normalized spacial score (nSPS) is 10.8. The van der Waals surface area contributed by atoms with Crippen LogP contribution in [0, 0.1) is 12.7 Å². The van der Waals surface area contributed by atoms with Gasteiger partial charge in [0, 0.05) is 5.69 Å². The number of anilines is 1. The van der Waals surface area contributed by atoms with Crippen molar-refractivity contribution in [3.05, 3.63) is 78.1 Å². The number of halogens is 1. The van der Waals surface area contributed by atoms with Crippen molar-refractivity contribution in [2.75, 3.05) is 11.9 Å². The van der Waals surface area contributed by atoms with E-state index in [0.29, 0.717) is 22.5 Å². The highest BCUT2D eigenvalue weighted by atomic mass is 19.1. The van der Waals surface area contributed by atoms with E-state index in [0.717, 1.165) is 5.56 Å². The van der Waals surface area contributed by atoms with Crippen molar-refractivity contribution in [2.45, 2.75) is 6.92 Å². The molecule has 0 atom stereocenters. The summed E-state index contributed by atoms with van der Waals surface area (Å²) in [6, 6.07) is 18.8. The lowest BCUT2D eigenvalue weighted by Crippen LogP contribution is -2.20. The van der Waals surface area contributed by atoms with Crippen molar-refractivity contribution in [1.29, 1.82) is 0 Å². The van der Waals surface area contributed by atoms with E-state index in [1.807, 2.05) is 31.2 Å². The fraction of sp³-hybridized carbons (Fsp3) is 0.0909. The zero-order valence-corrected chi connectivity index (χ0v) is 15.1. The molecule has 0 aliphatic rings. The molecule has 1 heterocycles. The van der Waals surface area contributed by atoms with Gasteiger partial charge in [-0.25, -0.2) is 9.37 Å². The van der Waals surface area contributed by atoms with Gasteiger partial charge in [-0.05, 0) is 48.9 Å². The molecule has 1 aromatic heterocycles. The van der Waals surface area contributed by atoms with Crippen LogP contribution in [0.2, 0.25) is 0 Å². The number of aryl methyl sites for hydroxylation is 1. The molecule has 0 bridgehead atoms. The number of amides is 1. The maximum Gasteiger partial charge on any atom is 0.262 e. The first-order valence-electron chi connectivity index (χ1n) is 8.74. The molecule has 0 spiro atoms. The standard InChI is InChI=1S/C22H17FN2O3/c1-14-6-2-5-9-19(14)27-13-21(26)24-15-10-11-20-18(12-15)25-22(28-20)16-7-3-4-8-17(16)23/h2-12H,13H2,1H3,(H,24,26). The number of hydrogen-bond acceptors (Lipinski definition) is 4. The summed E-state index contributed by atoms with van der Waals surface area (Å²) in [5.74, 6) is 0.162. The van der Waals surface area contributed by atoms with Gasteiger partial charge in [0.25, 0.3) is 5.91 Å². The number of carbonyl (C=O) groups is 1. The van der Waals surface area contributed by atoms with Crippen LogP contribution in [0.5, 0.6) is 5.75 Å². The molecule has 4 rings (SSSR count). The number of fused-ring (bicyclic) bond motifs is 1. The average Bonchev–Trinajstić information content (AvgIpc) is 3.11. The second-order valence-electron chi connectivity index (χ2n) is 6.28. The molecule has 0 radical (unpaired) electrons. The Bertz CT molecular complexity index is 1150. The Morgan fingerprint density at radius 2 is 1.89 bits per heavy atom. The number of benzene rings is 3. The minimum absolute atomic E-state index is 0.109. The van der Waals surface area contributed by atoms with E-state index in [1.165, 1.54) is 6.07 Å². The molecule has 1 N–H and O–H groups in total. The van der Waals surface area contributed by atoms with Gasteiger partial charge in [0.05, 0.1) is 5.56 Å². The van der Waals surface area contributed by atoms with Gasteiger partial charge in [0.2, 0.25) is 5.89 Å². The van der Waals surface area contributed by atoms with Crippen molar-refractivity contribution in [1.82, 2.24) is 4.98 Å². The van der Waals surface area contributed by atoms with Crippen LogP contribution in [-0.4, -0.2) is 17.5 Å². The van der Waals surface area contributed by atoms with Gasteiger partial charge in [-0.15, -0.1) is 0 Å². The number of oxazole rings is 1. The number of ether oxygens (including phenoxy) is 1. The molecule has 0 aliphatic heterocycles. The molecule has 1 amide bonds. The van der Waals surface area contributed by atoms with E-state index in [4.69, 9.17) is 9.15 Å². The van der Waals surface area contributed by atoms with Gasteiger partial charge in [0.15, 0.2) is 12.2 Å². The molecule has 4 aromatic rings. The van der Waals surface area contributed by atoms with E-state index in [9.17, 15) is 9.18 Å². The monoisotopic (exact) mass is 376 g/mol. The smallest absolute Gasteiger partial charge is 0.262 e. The van der Waals surface area contributed by atoms with Crippen molar-refractivity contribution in [3.8, 4) is 17.2 Å². The summed E-state index contributed by atoms with van der Waals surface area (Å²) in [5.41, 5.74) is 2.83. The summed E-state index contributed by atoms with van der Waals surface area (Å²) >= 11 is 0. The van der Waals surface area contributed by atoms with Crippen LogP contribution < -0.4 is 10.1 Å². The third-order valence-electron chi connectivity index (χ3n) is 4.23. The van der Waals surface area contributed by atoms with Crippen molar-refractivity contribution in [2.24, 2.45) is 0 Å². The molecule has 0 unspecified atom stereocenters. The van der Waals surface area contributed by atoms with E-state index in [-0.39, 0.29) is 24.0 Å². The van der Waals surface area contributed by atoms with Crippen molar-refractivity contribution in [3.63, 3.8) is 0 Å². The minimum Gasteiger partial charge on any atom is -0.483 e. The summed E-state index contributed by atoms with van der Waals surface area (Å²) < 4.78 is 25.1. The summed E-state index contributed by atoms with van der Waals surface area (Å²) in [5, 5.41) is 2.76. The first-order valence-corrected chi connectivity index (χ1v) is 8.74. The van der Waals surface area contributed by atoms with Crippen LogP contribution in [0.4, 0.5) is 10.1 Å². The average molecular weight is 376 g/mol. The van der Waals surface area contributed by atoms with Crippen LogP contribution >= 0.6 is 0 Å². The number of nitrogens with one attached hydrogen (secondary N) is 1. The van der Waals surface area contributed by atoms with Gasteiger partial charge >= 0.3 is 0 Å². The highest BCUT2D eigenvalue weighted by Gasteiger charge is 2.13. The van der Waals surface area contributed by atoms with Gasteiger partial charge < -0.3 is 14.5 Å². The maximum absolute atomic E-state index is 13.9. The van der Waals surface area contributed by atoms with Crippen molar-refractivity contribution < 1.29 is 18.3 Å².